The van der Waals surface area contributed by atoms with Gasteiger partial charge < -0.3 is 10.6 Å². The number of nitrogens with one attached hydrogen (secondary N) is 2. The highest BCUT2D eigenvalue weighted by Crippen LogP contribution is 2.28. The fourth-order valence-corrected chi connectivity index (χ4v) is 3.82. The van der Waals surface area contributed by atoms with Crippen LogP contribution in [0.2, 0.25) is 0 Å². The Balaban J connectivity index is 0.00000160. The van der Waals surface area contributed by atoms with E-state index in [1.807, 2.05) is 28.9 Å². The standard InChI is InChI=1S/C22H27N5O.2ClH/c1-14(2)27-21-19(13-24-27)18(22(28)25-16-8-6-10-23-12-16)11-20(26-21)17-9-5-4-7-15(17)3;;/h4-5,7,9,11,13-14,16,23H,6,8,10,12H2,1-3H3,(H,25,28);2*1H/t16-;;/m0../s1. The third-order valence-corrected chi connectivity index (χ3v) is 5.35. The summed E-state index contributed by atoms with van der Waals surface area (Å²) in [5, 5.41) is 11.8. The number of aromatic nitrogens is 3. The lowest BCUT2D eigenvalue weighted by Gasteiger charge is -2.24. The van der Waals surface area contributed by atoms with Gasteiger partial charge in [0.1, 0.15) is 0 Å². The summed E-state index contributed by atoms with van der Waals surface area (Å²) in [7, 11) is 0. The predicted molar refractivity (Wildman–Crippen MR) is 126 cm³/mol. The first-order valence-electron chi connectivity index (χ1n) is 10.0. The Hall–Kier alpha value is -2.15. The normalized spacial score (nSPS) is 16.1. The molecule has 0 unspecified atom stereocenters. The van der Waals surface area contributed by atoms with Crippen molar-refractivity contribution in [3.05, 3.63) is 47.7 Å². The Kier molecular flexibility index (Phi) is 8.24. The molecule has 0 aliphatic carbocycles. The van der Waals surface area contributed by atoms with Gasteiger partial charge in [0.05, 0.1) is 22.8 Å². The minimum absolute atomic E-state index is 0. The fraction of sp³-hybridized carbons (Fsp3) is 0.409. The number of carbonyl (C=O) groups is 1. The van der Waals surface area contributed by atoms with Crippen molar-refractivity contribution in [3.8, 4) is 11.3 Å². The Morgan fingerprint density at radius 1 is 1.27 bits per heavy atom. The lowest BCUT2D eigenvalue weighted by Crippen LogP contribution is -2.45. The largest absolute Gasteiger partial charge is 0.348 e. The molecule has 8 heteroatoms. The molecule has 6 nitrogen and oxygen atoms in total. The van der Waals surface area contributed by atoms with Gasteiger partial charge in [-0.1, -0.05) is 24.3 Å². The first-order chi connectivity index (χ1) is 13.5. The number of fused-ring (bicyclic) bond motifs is 1. The summed E-state index contributed by atoms with van der Waals surface area (Å²) in [5.74, 6) is -0.0563. The molecule has 1 aromatic carbocycles. The molecule has 0 radical (unpaired) electrons. The third-order valence-electron chi connectivity index (χ3n) is 5.35. The number of benzene rings is 1. The van der Waals surface area contributed by atoms with Gasteiger partial charge in [0, 0.05) is 24.2 Å². The zero-order valence-electron chi connectivity index (χ0n) is 17.5. The van der Waals surface area contributed by atoms with E-state index in [4.69, 9.17) is 4.98 Å². The van der Waals surface area contributed by atoms with Gasteiger partial charge in [-0.25, -0.2) is 9.67 Å². The molecule has 30 heavy (non-hydrogen) atoms. The van der Waals surface area contributed by atoms with Gasteiger partial charge in [-0.2, -0.15) is 5.10 Å². The number of amides is 1. The van der Waals surface area contributed by atoms with Crippen LogP contribution < -0.4 is 10.6 Å². The van der Waals surface area contributed by atoms with Crippen molar-refractivity contribution in [3.63, 3.8) is 0 Å². The van der Waals surface area contributed by atoms with Gasteiger partial charge in [-0.15, -0.1) is 24.8 Å². The van der Waals surface area contributed by atoms with E-state index in [0.29, 0.717) is 5.56 Å². The average Bonchev–Trinajstić information content (AvgIpc) is 3.12. The van der Waals surface area contributed by atoms with Crippen LogP contribution in [-0.2, 0) is 0 Å². The molecule has 1 aliphatic rings. The van der Waals surface area contributed by atoms with Crippen molar-refractivity contribution in [2.24, 2.45) is 0 Å². The molecule has 162 valence electrons. The van der Waals surface area contributed by atoms with E-state index in [2.05, 4.69) is 42.6 Å². The highest BCUT2D eigenvalue weighted by atomic mass is 35.5. The van der Waals surface area contributed by atoms with E-state index in [9.17, 15) is 4.79 Å². The second-order valence-corrected chi connectivity index (χ2v) is 7.81. The topological polar surface area (TPSA) is 71.8 Å². The second-order valence-electron chi connectivity index (χ2n) is 7.81. The quantitative estimate of drug-likeness (QED) is 0.622. The molecule has 3 aromatic rings. The smallest absolute Gasteiger partial charge is 0.252 e. The summed E-state index contributed by atoms with van der Waals surface area (Å²) in [6, 6.07) is 10.4. The van der Waals surface area contributed by atoms with Crippen LogP contribution in [0.25, 0.3) is 22.3 Å². The van der Waals surface area contributed by atoms with Gasteiger partial charge in [-0.05, 0) is 51.8 Å². The van der Waals surface area contributed by atoms with Crippen LogP contribution in [0.3, 0.4) is 0 Å². The van der Waals surface area contributed by atoms with E-state index in [1.165, 1.54) is 0 Å². The minimum Gasteiger partial charge on any atom is -0.348 e. The van der Waals surface area contributed by atoms with Crippen molar-refractivity contribution < 1.29 is 4.79 Å². The van der Waals surface area contributed by atoms with Crippen LogP contribution in [0, 0.1) is 6.92 Å². The number of nitrogens with zero attached hydrogens (tertiary/aromatic N) is 3. The first-order valence-corrected chi connectivity index (χ1v) is 10.0. The van der Waals surface area contributed by atoms with E-state index in [0.717, 1.165) is 53.8 Å². The zero-order valence-corrected chi connectivity index (χ0v) is 19.1. The number of pyridine rings is 1. The zero-order chi connectivity index (χ0) is 19.7. The van der Waals surface area contributed by atoms with Crippen LogP contribution in [0.15, 0.2) is 36.5 Å². The maximum atomic E-state index is 13.2. The number of halogens is 2. The van der Waals surface area contributed by atoms with Crippen LogP contribution in [0.4, 0.5) is 0 Å². The Morgan fingerprint density at radius 3 is 2.70 bits per heavy atom. The molecule has 0 spiro atoms. The van der Waals surface area contributed by atoms with Gasteiger partial charge in [-0.3, -0.25) is 4.79 Å². The fourth-order valence-electron chi connectivity index (χ4n) is 3.82. The van der Waals surface area contributed by atoms with Crippen LogP contribution >= 0.6 is 24.8 Å². The summed E-state index contributed by atoms with van der Waals surface area (Å²) in [6.45, 7) is 8.04. The minimum atomic E-state index is -0.0563. The summed E-state index contributed by atoms with van der Waals surface area (Å²) < 4.78 is 1.88. The molecule has 1 amide bonds. The van der Waals surface area contributed by atoms with E-state index < -0.39 is 0 Å². The lowest BCUT2D eigenvalue weighted by atomic mass is 10.0. The molecule has 1 fully saturated rings. The third kappa shape index (κ3) is 4.77. The van der Waals surface area contributed by atoms with Crippen LogP contribution in [0.1, 0.15) is 48.7 Å². The van der Waals surface area contributed by atoms with Crippen molar-refractivity contribution in [1.29, 1.82) is 0 Å². The van der Waals surface area contributed by atoms with E-state index in [-0.39, 0.29) is 42.8 Å². The number of hydrogen-bond acceptors (Lipinski definition) is 4. The van der Waals surface area contributed by atoms with Crippen LogP contribution in [0.5, 0.6) is 0 Å². The summed E-state index contributed by atoms with van der Waals surface area (Å²) in [5.41, 5.74) is 4.37. The number of rotatable bonds is 4. The van der Waals surface area contributed by atoms with Gasteiger partial charge in [0.15, 0.2) is 5.65 Å². The number of piperidine rings is 1. The van der Waals surface area contributed by atoms with Gasteiger partial charge in [0.2, 0.25) is 0 Å². The summed E-state index contributed by atoms with van der Waals surface area (Å²) >= 11 is 0. The molecule has 0 bridgehead atoms. The number of hydrogen-bond donors (Lipinski definition) is 2. The molecule has 1 atom stereocenters. The maximum Gasteiger partial charge on any atom is 0.252 e. The van der Waals surface area contributed by atoms with Crippen molar-refractivity contribution >= 4 is 41.8 Å². The summed E-state index contributed by atoms with van der Waals surface area (Å²) in [4.78, 5) is 18.1. The Labute approximate surface area is 189 Å². The highest BCUT2D eigenvalue weighted by Gasteiger charge is 2.22. The molecular weight excluding hydrogens is 421 g/mol. The van der Waals surface area contributed by atoms with Crippen molar-refractivity contribution in [2.75, 3.05) is 13.1 Å². The molecular formula is C22H29Cl2N5O. The number of carbonyl (C=O) groups excluding carboxylic acids is 1. The Morgan fingerprint density at radius 2 is 2.03 bits per heavy atom. The summed E-state index contributed by atoms with van der Waals surface area (Å²) in [6.07, 6.45) is 3.84. The van der Waals surface area contributed by atoms with Gasteiger partial charge >= 0.3 is 0 Å². The average molecular weight is 450 g/mol. The molecule has 2 N–H and O–H groups in total. The number of aryl methyl sites for hydroxylation is 1. The van der Waals surface area contributed by atoms with E-state index in [1.54, 1.807) is 6.20 Å². The van der Waals surface area contributed by atoms with E-state index >= 15 is 0 Å². The van der Waals surface area contributed by atoms with Crippen molar-refractivity contribution in [2.45, 2.75) is 45.7 Å². The monoisotopic (exact) mass is 449 g/mol. The lowest BCUT2D eigenvalue weighted by molar-refractivity contribution is 0.0932. The molecule has 2 aromatic heterocycles. The van der Waals surface area contributed by atoms with Gasteiger partial charge in [0.25, 0.3) is 5.91 Å². The SMILES string of the molecule is Cc1ccccc1-c1cc(C(=O)N[C@H]2CCCNC2)c2cnn(C(C)C)c2n1.Cl.Cl. The molecule has 0 saturated carbocycles. The maximum absolute atomic E-state index is 13.2. The second kappa shape index (κ2) is 10.2. The molecule has 4 rings (SSSR count). The van der Waals surface area contributed by atoms with Crippen LogP contribution in [-0.4, -0.2) is 39.8 Å². The molecule has 3 heterocycles. The highest BCUT2D eigenvalue weighted by molar-refractivity contribution is 6.06. The molecule has 1 saturated heterocycles. The Bertz CT molecular complexity index is 1010. The first kappa shape index (κ1) is 24.1. The van der Waals surface area contributed by atoms with Crippen molar-refractivity contribution in [1.82, 2.24) is 25.4 Å². The molecule has 1 aliphatic heterocycles. The predicted octanol–water partition coefficient (Wildman–Crippen LogP) is 4.31.